The Morgan fingerprint density at radius 2 is 2.28 bits per heavy atom. The molecule has 0 saturated carbocycles. The van der Waals surface area contributed by atoms with Crippen molar-refractivity contribution in [3.8, 4) is 0 Å². The summed E-state index contributed by atoms with van der Waals surface area (Å²) in [5.74, 6) is 1.03. The number of hydrogen-bond donors (Lipinski definition) is 5. The highest BCUT2D eigenvalue weighted by atomic mass is 16.5. The highest BCUT2D eigenvalue weighted by Crippen LogP contribution is 2.29. The molecule has 0 amide bonds. The van der Waals surface area contributed by atoms with Crippen LogP contribution in [0.4, 0.5) is 0 Å². The van der Waals surface area contributed by atoms with Gasteiger partial charge in [0.15, 0.2) is 0 Å². The molecular weight excluding hydrogens is 234 g/mol. The van der Waals surface area contributed by atoms with Gasteiger partial charge in [0.2, 0.25) is 0 Å². The Morgan fingerprint density at radius 1 is 1.44 bits per heavy atom. The topological polar surface area (TPSA) is 94.8 Å². The molecule has 2 unspecified atom stereocenters. The van der Waals surface area contributed by atoms with Crippen molar-refractivity contribution in [2.45, 2.75) is 44.4 Å². The summed E-state index contributed by atoms with van der Waals surface area (Å²) in [5.41, 5.74) is 6.97. The Labute approximate surface area is 106 Å². The number of nitrogens with zero attached hydrogens (tertiary/aromatic N) is 1. The first-order chi connectivity index (χ1) is 8.66. The van der Waals surface area contributed by atoms with E-state index >= 15 is 0 Å². The summed E-state index contributed by atoms with van der Waals surface area (Å²) in [4.78, 5) is 2.15. The van der Waals surface area contributed by atoms with Crippen LogP contribution in [0.1, 0.15) is 19.8 Å². The SMILES string of the molecule is C[C@@H](O)C1CC[C@H](N2CNC3=C2NCNC3N)O1. The van der Waals surface area contributed by atoms with Crippen LogP contribution >= 0.6 is 0 Å². The molecule has 102 valence electrons. The second-order valence-corrected chi connectivity index (χ2v) is 5.05. The molecule has 3 rings (SSSR count). The van der Waals surface area contributed by atoms with Gasteiger partial charge < -0.3 is 31.1 Å². The van der Waals surface area contributed by atoms with E-state index in [2.05, 4.69) is 20.9 Å². The highest BCUT2D eigenvalue weighted by molar-refractivity contribution is 5.22. The van der Waals surface area contributed by atoms with E-state index in [0.29, 0.717) is 13.3 Å². The van der Waals surface area contributed by atoms with E-state index in [0.717, 1.165) is 24.4 Å². The quantitative estimate of drug-likeness (QED) is 0.403. The molecule has 3 aliphatic heterocycles. The molecule has 0 aliphatic carbocycles. The van der Waals surface area contributed by atoms with Crippen LogP contribution in [0.2, 0.25) is 0 Å². The van der Waals surface area contributed by atoms with Crippen LogP contribution in [0.5, 0.6) is 0 Å². The standard InChI is InChI=1S/C11H21N5O2/c1-6(17)7-2-3-8(18-7)16-5-15-9-10(12)13-4-14-11(9)16/h6-8,10,13-15,17H,2-5,12H2,1H3/t6-,7?,8-,10?/m1/s1. The lowest BCUT2D eigenvalue weighted by Gasteiger charge is -2.31. The molecule has 0 aromatic carbocycles. The van der Waals surface area contributed by atoms with Crippen molar-refractivity contribution < 1.29 is 9.84 Å². The van der Waals surface area contributed by atoms with E-state index in [-0.39, 0.29) is 18.5 Å². The van der Waals surface area contributed by atoms with Gasteiger partial charge in [-0.05, 0) is 19.8 Å². The van der Waals surface area contributed by atoms with Crippen molar-refractivity contribution in [3.05, 3.63) is 11.5 Å². The second kappa shape index (κ2) is 4.58. The fraction of sp³-hybridized carbons (Fsp3) is 0.818. The Kier molecular flexibility index (Phi) is 3.06. The Balaban J connectivity index is 1.71. The first kappa shape index (κ1) is 12.0. The molecule has 18 heavy (non-hydrogen) atoms. The summed E-state index contributed by atoms with van der Waals surface area (Å²) in [6.45, 7) is 3.13. The van der Waals surface area contributed by atoms with E-state index in [1.54, 1.807) is 6.92 Å². The molecule has 6 N–H and O–H groups in total. The molecule has 3 aliphatic rings. The molecule has 0 bridgehead atoms. The number of ether oxygens (including phenoxy) is 1. The van der Waals surface area contributed by atoms with Gasteiger partial charge >= 0.3 is 0 Å². The molecule has 1 fully saturated rings. The predicted octanol–water partition coefficient (Wildman–Crippen LogP) is -1.66. The third-order valence-corrected chi connectivity index (χ3v) is 3.79. The maximum atomic E-state index is 9.57. The number of nitrogens with two attached hydrogens (primary N) is 1. The summed E-state index contributed by atoms with van der Waals surface area (Å²) in [6.07, 6.45) is 1.21. The van der Waals surface area contributed by atoms with Crippen LogP contribution in [0.25, 0.3) is 0 Å². The summed E-state index contributed by atoms with van der Waals surface area (Å²) in [5, 5.41) is 19.3. The van der Waals surface area contributed by atoms with Gasteiger partial charge in [-0.2, -0.15) is 0 Å². The van der Waals surface area contributed by atoms with E-state index in [1.807, 2.05) is 0 Å². The fourth-order valence-corrected chi connectivity index (χ4v) is 2.76. The maximum absolute atomic E-state index is 9.57. The molecule has 0 radical (unpaired) electrons. The van der Waals surface area contributed by atoms with Crippen LogP contribution < -0.4 is 21.7 Å². The minimum absolute atomic E-state index is 0.0161. The summed E-state index contributed by atoms with van der Waals surface area (Å²) in [7, 11) is 0. The number of rotatable bonds is 2. The van der Waals surface area contributed by atoms with Crippen LogP contribution in [0, 0.1) is 0 Å². The molecule has 7 nitrogen and oxygen atoms in total. The number of aliphatic hydroxyl groups is 1. The Bertz CT molecular complexity index is 359. The lowest BCUT2D eigenvalue weighted by atomic mass is 10.1. The zero-order chi connectivity index (χ0) is 12.7. The smallest absolute Gasteiger partial charge is 0.133 e. The fourth-order valence-electron chi connectivity index (χ4n) is 2.76. The molecular formula is C11H21N5O2. The first-order valence-electron chi connectivity index (χ1n) is 6.48. The van der Waals surface area contributed by atoms with E-state index in [1.165, 1.54) is 0 Å². The molecule has 7 heteroatoms. The minimum atomic E-state index is -0.415. The molecule has 0 aromatic rings. The van der Waals surface area contributed by atoms with Gasteiger partial charge in [0.1, 0.15) is 18.2 Å². The van der Waals surface area contributed by atoms with Crippen molar-refractivity contribution in [2.75, 3.05) is 13.3 Å². The largest absolute Gasteiger partial charge is 0.391 e. The Morgan fingerprint density at radius 3 is 3.00 bits per heavy atom. The van der Waals surface area contributed by atoms with Gasteiger partial charge in [-0.3, -0.25) is 5.32 Å². The molecule has 4 atom stereocenters. The van der Waals surface area contributed by atoms with E-state index in [4.69, 9.17) is 10.5 Å². The van der Waals surface area contributed by atoms with Gasteiger partial charge in [-0.1, -0.05) is 0 Å². The number of hydrogen-bond acceptors (Lipinski definition) is 7. The lowest BCUT2D eigenvalue weighted by Crippen LogP contribution is -2.52. The van der Waals surface area contributed by atoms with Crippen LogP contribution in [-0.2, 0) is 4.74 Å². The van der Waals surface area contributed by atoms with Crippen molar-refractivity contribution in [1.29, 1.82) is 0 Å². The first-order valence-corrected chi connectivity index (χ1v) is 6.48. The van der Waals surface area contributed by atoms with Crippen molar-refractivity contribution in [3.63, 3.8) is 0 Å². The van der Waals surface area contributed by atoms with E-state index < -0.39 is 6.10 Å². The Hall–Kier alpha value is -1.02. The molecule has 0 spiro atoms. The number of aliphatic hydroxyl groups excluding tert-OH is 1. The highest BCUT2D eigenvalue weighted by Gasteiger charge is 2.38. The number of nitrogens with one attached hydrogen (secondary N) is 3. The lowest BCUT2D eigenvalue weighted by molar-refractivity contribution is -0.0773. The maximum Gasteiger partial charge on any atom is 0.133 e. The van der Waals surface area contributed by atoms with Crippen molar-refractivity contribution >= 4 is 0 Å². The zero-order valence-corrected chi connectivity index (χ0v) is 10.5. The van der Waals surface area contributed by atoms with Crippen LogP contribution in [-0.4, -0.2) is 47.9 Å². The van der Waals surface area contributed by atoms with Crippen molar-refractivity contribution in [1.82, 2.24) is 20.9 Å². The molecule has 3 heterocycles. The van der Waals surface area contributed by atoms with Crippen LogP contribution in [0.15, 0.2) is 11.5 Å². The average Bonchev–Trinajstić information content (AvgIpc) is 2.94. The average molecular weight is 255 g/mol. The van der Waals surface area contributed by atoms with Gasteiger partial charge in [0, 0.05) is 0 Å². The van der Waals surface area contributed by atoms with Crippen LogP contribution in [0.3, 0.4) is 0 Å². The summed E-state index contributed by atoms with van der Waals surface area (Å²) >= 11 is 0. The summed E-state index contributed by atoms with van der Waals surface area (Å²) in [6, 6.07) is 0. The normalized spacial score (nSPS) is 37.3. The predicted molar refractivity (Wildman–Crippen MR) is 65.6 cm³/mol. The van der Waals surface area contributed by atoms with Gasteiger partial charge in [0.25, 0.3) is 0 Å². The monoisotopic (exact) mass is 255 g/mol. The van der Waals surface area contributed by atoms with E-state index in [9.17, 15) is 5.11 Å². The minimum Gasteiger partial charge on any atom is -0.391 e. The third-order valence-electron chi connectivity index (χ3n) is 3.79. The summed E-state index contributed by atoms with van der Waals surface area (Å²) < 4.78 is 5.89. The van der Waals surface area contributed by atoms with Gasteiger partial charge in [-0.15, -0.1) is 0 Å². The van der Waals surface area contributed by atoms with Gasteiger partial charge in [-0.25, -0.2) is 0 Å². The van der Waals surface area contributed by atoms with Gasteiger partial charge in [0.05, 0.1) is 31.2 Å². The molecule has 1 saturated heterocycles. The molecule has 0 aromatic heterocycles. The third kappa shape index (κ3) is 1.93. The second-order valence-electron chi connectivity index (χ2n) is 5.05. The van der Waals surface area contributed by atoms with Crippen molar-refractivity contribution in [2.24, 2.45) is 5.73 Å². The zero-order valence-electron chi connectivity index (χ0n) is 10.5.